The van der Waals surface area contributed by atoms with Crippen LogP contribution in [-0.2, 0) is 0 Å². The Bertz CT molecular complexity index is 1240. The predicted octanol–water partition coefficient (Wildman–Crippen LogP) is 5.72. The molecular formula is C19H11Cl2F2N3O3. The van der Waals surface area contributed by atoms with Gasteiger partial charge < -0.3 is 20.2 Å². The van der Waals surface area contributed by atoms with Gasteiger partial charge in [0.05, 0.1) is 21.3 Å². The molecule has 0 aliphatic rings. The summed E-state index contributed by atoms with van der Waals surface area (Å²) >= 11 is 12.1. The molecule has 4 rings (SSSR count). The Morgan fingerprint density at radius 3 is 2.52 bits per heavy atom. The lowest BCUT2D eigenvalue weighted by atomic mass is 10.0. The number of benzene rings is 2. The van der Waals surface area contributed by atoms with Crippen molar-refractivity contribution < 1.29 is 22.7 Å². The summed E-state index contributed by atoms with van der Waals surface area (Å²) in [7, 11) is 0. The number of amides is 1. The number of fused-ring (bicyclic) bond motifs is 3. The number of anilines is 2. The maximum Gasteiger partial charge on any atom is 0.387 e. The van der Waals surface area contributed by atoms with Crippen LogP contribution in [0.2, 0.25) is 10.0 Å². The van der Waals surface area contributed by atoms with Crippen molar-refractivity contribution in [1.82, 2.24) is 4.98 Å². The van der Waals surface area contributed by atoms with Crippen molar-refractivity contribution in [2.24, 2.45) is 0 Å². The predicted molar refractivity (Wildman–Crippen MR) is 107 cm³/mol. The molecule has 0 aliphatic heterocycles. The van der Waals surface area contributed by atoms with E-state index >= 15 is 0 Å². The lowest BCUT2D eigenvalue weighted by Crippen LogP contribution is -2.16. The molecule has 29 heavy (non-hydrogen) atoms. The van der Waals surface area contributed by atoms with Gasteiger partial charge in [0.1, 0.15) is 16.9 Å². The van der Waals surface area contributed by atoms with Crippen LogP contribution in [0.4, 0.5) is 20.2 Å². The van der Waals surface area contributed by atoms with E-state index in [0.29, 0.717) is 22.2 Å². The van der Waals surface area contributed by atoms with Gasteiger partial charge in [0, 0.05) is 28.9 Å². The molecular weight excluding hydrogens is 427 g/mol. The van der Waals surface area contributed by atoms with Crippen LogP contribution in [-0.4, -0.2) is 17.5 Å². The molecule has 0 bridgehead atoms. The number of halogens is 4. The Morgan fingerprint density at radius 2 is 1.83 bits per heavy atom. The van der Waals surface area contributed by atoms with Gasteiger partial charge in [0.15, 0.2) is 0 Å². The number of nitrogens with two attached hydrogens (primary N) is 1. The summed E-state index contributed by atoms with van der Waals surface area (Å²) in [6.45, 7) is -3.14. The monoisotopic (exact) mass is 437 g/mol. The summed E-state index contributed by atoms with van der Waals surface area (Å²) < 4.78 is 36.2. The molecule has 0 unspecified atom stereocenters. The average molecular weight is 438 g/mol. The molecule has 2 aromatic carbocycles. The minimum atomic E-state index is -3.14. The highest BCUT2D eigenvalue weighted by Crippen LogP contribution is 2.38. The molecule has 2 aromatic heterocycles. The van der Waals surface area contributed by atoms with Crippen LogP contribution < -0.4 is 15.8 Å². The molecule has 0 radical (unpaired) electrons. The number of furan rings is 1. The lowest BCUT2D eigenvalue weighted by molar-refractivity contribution is -0.0500. The van der Waals surface area contributed by atoms with Crippen LogP contribution in [0.5, 0.6) is 5.75 Å². The zero-order chi connectivity index (χ0) is 20.7. The molecule has 3 N–H and O–H groups in total. The van der Waals surface area contributed by atoms with E-state index in [0.717, 1.165) is 0 Å². The Morgan fingerprint density at radius 1 is 1.14 bits per heavy atom. The second-order valence-electron chi connectivity index (χ2n) is 5.98. The highest BCUT2D eigenvalue weighted by Gasteiger charge is 2.24. The van der Waals surface area contributed by atoms with Crippen molar-refractivity contribution >= 4 is 62.4 Å². The van der Waals surface area contributed by atoms with E-state index in [1.54, 1.807) is 18.2 Å². The Balaban J connectivity index is 1.95. The van der Waals surface area contributed by atoms with Gasteiger partial charge in [0.2, 0.25) is 0 Å². The summed E-state index contributed by atoms with van der Waals surface area (Å²) in [5.74, 6) is -1.11. The van der Waals surface area contributed by atoms with Crippen LogP contribution in [0.1, 0.15) is 10.4 Å². The largest absolute Gasteiger partial charge is 0.456 e. The van der Waals surface area contributed by atoms with Crippen molar-refractivity contribution in [2.75, 3.05) is 11.1 Å². The molecule has 148 valence electrons. The first-order chi connectivity index (χ1) is 13.8. The van der Waals surface area contributed by atoms with Gasteiger partial charge in [-0.25, -0.2) is 0 Å². The minimum Gasteiger partial charge on any atom is -0.456 e. The lowest BCUT2D eigenvalue weighted by Gasteiger charge is -2.13. The number of hydrogen-bond acceptors (Lipinski definition) is 5. The van der Waals surface area contributed by atoms with Crippen molar-refractivity contribution in [3.05, 3.63) is 58.3 Å². The molecule has 0 spiro atoms. The summed E-state index contributed by atoms with van der Waals surface area (Å²) in [5.41, 5.74) is 6.89. The van der Waals surface area contributed by atoms with Gasteiger partial charge in [-0.1, -0.05) is 23.2 Å². The fourth-order valence-electron chi connectivity index (χ4n) is 2.99. The number of alkyl halides is 2. The van der Waals surface area contributed by atoms with E-state index < -0.39 is 12.5 Å². The van der Waals surface area contributed by atoms with E-state index in [2.05, 4.69) is 15.0 Å². The number of pyridine rings is 1. The molecule has 10 heteroatoms. The maximum absolute atomic E-state index is 13.1. The number of nitrogen functional groups attached to an aromatic ring is 1. The Hall–Kier alpha value is -3.10. The van der Waals surface area contributed by atoms with Gasteiger partial charge in [-0.2, -0.15) is 8.78 Å². The molecule has 1 amide bonds. The van der Waals surface area contributed by atoms with Gasteiger partial charge in [-0.05, 0) is 30.3 Å². The molecule has 6 nitrogen and oxygen atoms in total. The second kappa shape index (κ2) is 7.38. The Kier molecular flexibility index (Phi) is 4.89. The van der Waals surface area contributed by atoms with Crippen LogP contribution >= 0.6 is 23.2 Å². The fourth-order valence-corrected chi connectivity index (χ4v) is 3.45. The van der Waals surface area contributed by atoms with Crippen LogP contribution in [0.15, 0.2) is 47.1 Å². The number of carbonyl (C=O) groups excluding carboxylic acids is 1. The third kappa shape index (κ3) is 3.52. The SMILES string of the molecule is Nc1ccc2oc3ccc(OC(F)F)c(C(=O)Nc4c(Cl)cncc4Cl)c3c2c1. The normalized spacial score (nSPS) is 11.3. The summed E-state index contributed by atoms with van der Waals surface area (Å²) in [5, 5.41) is 3.42. The maximum atomic E-state index is 13.1. The smallest absolute Gasteiger partial charge is 0.387 e. The average Bonchev–Trinajstić information content (AvgIpc) is 3.02. The summed E-state index contributed by atoms with van der Waals surface area (Å²) in [6, 6.07) is 7.49. The standard InChI is InChI=1S/C19H11Cl2F2N3O3/c20-10-6-25-7-11(21)17(10)26-18(27)16-14(29-19(22)23)4-3-13-15(16)9-5-8(24)1-2-12(9)28-13/h1-7,19H,24H2,(H,25,26,27). The highest BCUT2D eigenvalue weighted by atomic mass is 35.5. The topological polar surface area (TPSA) is 90.4 Å². The fraction of sp³-hybridized carbons (Fsp3) is 0.0526. The van der Waals surface area contributed by atoms with Crippen LogP contribution in [0, 0.1) is 0 Å². The summed E-state index contributed by atoms with van der Waals surface area (Å²) in [6.07, 6.45) is 2.57. The number of nitrogens with one attached hydrogen (secondary N) is 1. The third-order valence-electron chi connectivity index (χ3n) is 4.16. The molecule has 0 fully saturated rings. The molecule has 0 atom stereocenters. The molecule has 4 aromatic rings. The number of hydrogen-bond donors (Lipinski definition) is 2. The van der Waals surface area contributed by atoms with Crippen molar-refractivity contribution in [3.8, 4) is 5.75 Å². The highest BCUT2D eigenvalue weighted by molar-refractivity contribution is 6.40. The molecule has 0 saturated heterocycles. The second-order valence-corrected chi connectivity index (χ2v) is 6.79. The third-order valence-corrected chi connectivity index (χ3v) is 4.73. The van der Waals surface area contributed by atoms with Crippen molar-refractivity contribution in [3.63, 3.8) is 0 Å². The minimum absolute atomic E-state index is 0.0793. The van der Waals surface area contributed by atoms with Gasteiger partial charge in [-0.3, -0.25) is 9.78 Å². The van der Waals surface area contributed by atoms with E-state index in [9.17, 15) is 13.6 Å². The van der Waals surface area contributed by atoms with E-state index in [-0.39, 0.29) is 32.4 Å². The van der Waals surface area contributed by atoms with Gasteiger partial charge in [0.25, 0.3) is 5.91 Å². The zero-order valence-corrected chi connectivity index (χ0v) is 15.9. The van der Waals surface area contributed by atoms with E-state index in [1.165, 1.54) is 24.5 Å². The first-order valence-electron chi connectivity index (χ1n) is 8.15. The van der Waals surface area contributed by atoms with Crippen LogP contribution in [0.3, 0.4) is 0 Å². The van der Waals surface area contributed by atoms with Crippen LogP contribution in [0.25, 0.3) is 21.9 Å². The first kappa shape index (κ1) is 19.2. The first-order valence-corrected chi connectivity index (χ1v) is 8.90. The number of carbonyl (C=O) groups is 1. The zero-order valence-electron chi connectivity index (χ0n) is 14.4. The number of ether oxygens (including phenoxy) is 1. The van der Waals surface area contributed by atoms with Gasteiger partial charge in [-0.15, -0.1) is 0 Å². The Labute approximate surface area is 172 Å². The van der Waals surface area contributed by atoms with E-state index in [4.69, 9.17) is 33.4 Å². The number of aromatic nitrogens is 1. The van der Waals surface area contributed by atoms with Gasteiger partial charge >= 0.3 is 6.61 Å². The molecule has 0 saturated carbocycles. The molecule has 0 aliphatic carbocycles. The number of rotatable bonds is 4. The quantitative estimate of drug-likeness (QED) is 0.398. The number of nitrogens with zero attached hydrogens (tertiary/aromatic N) is 1. The summed E-state index contributed by atoms with van der Waals surface area (Å²) in [4.78, 5) is 16.9. The van der Waals surface area contributed by atoms with E-state index in [1.807, 2.05) is 0 Å². The van der Waals surface area contributed by atoms with Crippen molar-refractivity contribution in [2.45, 2.75) is 6.61 Å². The van der Waals surface area contributed by atoms with Crippen molar-refractivity contribution in [1.29, 1.82) is 0 Å². The molecule has 2 heterocycles.